The molecule has 0 spiro atoms. The Kier molecular flexibility index (Phi) is 5.94. The largest absolute Gasteiger partial charge is 0.487 e. The van der Waals surface area contributed by atoms with Crippen LogP contribution in [0.4, 0.5) is 0 Å². The third-order valence-electron chi connectivity index (χ3n) is 2.47. The summed E-state index contributed by atoms with van der Waals surface area (Å²) in [6, 6.07) is 3.82. The summed E-state index contributed by atoms with van der Waals surface area (Å²) in [6.45, 7) is 7.28. The fraction of sp³-hybridized carbons (Fsp3) is 0.615. The minimum atomic E-state index is 0.00454. The van der Waals surface area contributed by atoms with Crippen molar-refractivity contribution in [2.75, 3.05) is 13.2 Å². The molecule has 0 radical (unpaired) electrons. The van der Waals surface area contributed by atoms with Gasteiger partial charge in [0.2, 0.25) is 0 Å². The molecule has 0 aromatic carbocycles. The highest BCUT2D eigenvalue weighted by molar-refractivity contribution is 5.21. The van der Waals surface area contributed by atoms with Crippen molar-refractivity contribution < 1.29 is 9.47 Å². The fourth-order valence-electron chi connectivity index (χ4n) is 1.44. The van der Waals surface area contributed by atoms with Crippen LogP contribution in [0.5, 0.6) is 5.75 Å². The zero-order valence-corrected chi connectivity index (χ0v) is 10.8. The summed E-state index contributed by atoms with van der Waals surface area (Å²) in [6.07, 6.45) is 2.63. The number of hydrogen-bond acceptors (Lipinski definition) is 4. The molecular weight excluding hydrogens is 216 g/mol. The Bertz CT molecular complexity index is 314. The smallest absolute Gasteiger partial charge is 0.138 e. The van der Waals surface area contributed by atoms with Crippen LogP contribution in [0.15, 0.2) is 18.3 Å². The Balaban J connectivity index is 2.50. The van der Waals surface area contributed by atoms with Crippen LogP contribution in [0.2, 0.25) is 0 Å². The molecule has 2 atom stereocenters. The standard InChI is InChI=1S/C13H22N2O2/c1-4-12(14)13-7-6-11(8-15-13)17-10(3)9-16-5-2/h6-8,10,12H,4-5,9,14H2,1-3H3/t10?,12-/m0/s1. The number of pyridine rings is 1. The van der Waals surface area contributed by atoms with E-state index >= 15 is 0 Å². The van der Waals surface area contributed by atoms with Crippen LogP contribution >= 0.6 is 0 Å². The van der Waals surface area contributed by atoms with Gasteiger partial charge in [-0.25, -0.2) is 0 Å². The summed E-state index contributed by atoms with van der Waals surface area (Å²) in [5, 5.41) is 0. The lowest BCUT2D eigenvalue weighted by atomic mass is 10.1. The summed E-state index contributed by atoms with van der Waals surface area (Å²) in [5.74, 6) is 0.754. The summed E-state index contributed by atoms with van der Waals surface area (Å²) in [4.78, 5) is 4.29. The molecule has 1 rings (SSSR count). The van der Waals surface area contributed by atoms with Gasteiger partial charge in [-0.15, -0.1) is 0 Å². The van der Waals surface area contributed by atoms with Crippen molar-refractivity contribution in [2.24, 2.45) is 5.73 Å². The lowest BCUT2D eigenvalue weighted by molar-refractivity contribution is 0.0655. The number of nitrogens with zero attached hydrogens (tertiary/aromatic N) is 1. The Hall–Kier alpha value is -1.13. The topological polar surface area (TPSA) is 57.4 Å². The average molecular weight is 238 g/mol. The van der Waals surface area contributed by atoms with Crippen molar-refractivity contribution >= 4 is 0 Å². The number of rotatable bonds is 7. The average Bonchev–Trinajstić information content (AvgIpc) is 2.36. The SMILES string of the molecule is CCOCC(C)Oc1ccc([C@@H](N)CC)nc1. The van der Waals surface area contributed by atoms with E-state index in [9.17, 15) is 0 Å². The highest BCUT2D eigenvalue weighted by atomic mass is 16.5. The molecule has 4 nitrogen and oxygen atoms in total. The minimum absolute atomic E-state index is 0.00454. The van der Waals surface area contributed by atoms with Gasteiger partial charge >= 0.3 is 0 Å². The van der Waals surface area contributed by atoms with E-state index in [1.807, 2.05) is 32.9 Å². The van der Waals surface area contributed by atoms with Crippen LogP contribution in [0.25, 0.3) is 0 Å². The molecule has 96 valence electrons. The van der Waals surface area contributed by atoms with Crippen LogP contribution < -0.4 is 10.5 Å². The van der Waals surface area contributed by atoms with Crippen LogP contribution in [0.3, 0.4) is 0 Å². The zero-order valence-electron chi connectivity index (χ0n) is 10.8. The molecule has 0 aliphatic heterocycles. The van der Waals surface area contributed by atoms with Crippen molar-refractivity contribution in [3.63, 3.8) is 0 Å². The van der Waals surface area contributed by atoms with Gasteiger partial charge in [-0.1, -0.05) is 6.92 Å². The number of hydrogen-bond donors (Lipinski definition) is 1. The lowest BCUT2D eigenvalue weighted by Gasteiger charge is -2.15. The molecule has 0 bridgehead atoms. The highest BCUT2D eigenvalue weighted by Crippen LogP contribution is 2.16. The van der Waals surface area contributed by atoms with E-state index in [2.05, 4.69) is 4.98 Å². The third kappa shape index (κ3) is 4.71. The Labute approximate surface area is 103 Å². The summed E-state index contributed by atoms with van der Waals surface area (Å²) in [5.41, 5.74) is 6.79. The first-order valence-electron chi connectivity index (χ1n) is 6.13. The van der Waals surface area contributed by atoms with Crippen molar-refractivity contribution in [3.05, 3.63) is 24.0 Å². The van der Waals surface area contributed by atoms with Gasteiger partial charge in [0, 0.05) is 12.6 Å². The molecule has 0 saturated heterocycles. The molecule has 0 saturated carbocycles. The Morgan fingerprint density at radius 3 is 2.65 bits per heavy atom. The van der Waals surface area contributed by atoms with Crippen molar-refractivity contribution in [3.8, 4) is 5.75 Å². The maximum absolute atomic E-state index is 5.89. The minimum Gasteiger partial charge on any atom is -0.487 e. The van der Waals surface area contributed by atoms with Crippen LogP contribution in [0.1, 0.15) is 38.9 Å². The van der Waals surface area contributed by atoms with E-state index in [0.717, 1.165) is 17.9 Å². The first-order chi connectivity index (χ1) is 8.17. The maximum Gasteiger partial charge on any atom is 0.138 e. The van der Waals surface area contributed by atoms with Crippen LogP contribution in [-0.4, -0.2) is 24.3 Å². The number of ether oxygens (including phenoxy) is 2. The molecule has 0 aliphatic rings. The van der Waals surface area contributed by atoms with Gasteiger partial charge in [0.05, 0.1) is 18.5 Å². The molecule has 4 heteroatoms. The van der Waals surface area contributed by atoms with E-state index in [4.69, 9.17) is 15.2 Å². The van der Waals surface area contributed by atoms with E-state index in [-0.39, 0.29) is 12.1 Å². The summed E-state index contributed by atoms with van der Waals surface area (Å²) in [7, 11) is 0. The monoisotopic (exact) mass is 238 g/mol. The predicted octanol–water partition coefficient (Wildman–Crippen LogP) is 2.30. The predicted molar refractivity (Wildman–Crippen MR) is 68.0 cm³/mol. The first-order valence-corrected chi connectivity index (χ1v) is 6.13. The van der Waals surface area contributed by atoms with E-state index in [0.29, 0.717) is 13.2 Å². The van der Waals surface area contributed by atoms with Crippen LogP contribution in [0, 0.1) is 0 Å². The quantitative estimate of drug-likeness (QED) is 0.792. The summed E-state index contributed by atoms with van der Waals surface area (Å²) >= 11 is 0. The zero-order chi connectivity index (χ0) is 12.7. The third-order valence-corrected chi connectivity index (χ3v) is 2.47. The van der Waals surface area contributed by atoms with E-state index in [1.165, 1.54) is 0 Å². The second kappa shape index (κ2) is 7.25. The fourth-order valence-corrected chi connectivity index (χ4v) is 1.44. The van der Waals surface area contributed by atoms with Crippen molar-refractivity contribution in [1.82, 2.24) is 4.98 Å². The van der Waals surface area contributed by atoms with Gasteiger partial charge in [0.1, 0.15) is 11.9 Å². The van der Waals surface area contributed by atoms with E-state index in [1.54, 1.807) is 6.20 Å². The highest BCUT2D eigenvalue weighted by Gasteiger charge is 2.07. The molecular formula is C13H22N2O2. The van der Waals surface area contributed by atoms with Crippen molar-refractivity contribution in [1.29, 1.82) is 0 Å². The maximum atomic E-state index is 5.89. The van der Waals surface area contributed by atoms with Gasteiger partial charge < -0.3 is 15.2 Å². The molecule has 0 fully saturated rings. The lowest BCUT2D eigenvalue weighted by Crippen LogP contribution is -2.19. The molecule has 1 heterocycles. The molecule has 1 aromatic rings. The molecule has 2 N–H and O–H groups in total. The van der Waals surface area contributed by atoms with Gasteiger partial charge in [0.15, 0.2) is 0 Å². The first kappa shape index (κ1) is 13.9. The van der Waals surface area contributed by atoms with Gasteiger partial charge in [-0.05, 0) is 32.4 Å². The van der Waals surface area contributed by atoms with Crippen LogP contribution in [-0.2, 0) is 4.74 Å². The molecule has 17 heavy (non-hydrogen) atoms. The summed E-state index contributed by atoms with van der Waals surface area (Å²) < 4.78 is 10.9. The Morgan fingerprint density at radius 2 is 2.12 bits per heavy atom. The van der Waals surface area contributed by atoms with Gasteiger partial charge in [-0.3, -0.25) is 4.98 Å². The normalized spacial score (nSPS) is 14.4. The molecule has 0 aliphatic carbocycles. The Morgan fingerprint density at radius 1 is 1.35 bits per heavy atom. The molecule has 1 aromatic heterocycles. The number of nitrogens with two attached hydrogens (primary N) is 1. The molecule has 0 amide bonds. The molecule has 1 unspecified atom stereocenters. The van der Waals surface area contributed by atoms with E-state index < -0.39 is 0 Å². The van der Waals surface area contributed by atoms with Gasteiger partial charge in [-0.2, -0.15) is 0 Å². The second-order valence-electron chi connectivity index (χ2n) is 4.02. The van der Waals surface area contributed by atoms with Crippen molar-refractivity contribution in [2.45, 2.75) is 39.3 Å². The van der Waals surface area contributed by atoms with Gasteiger partial charge in [0.25, 0.3) is 0 Å². The number of aromatic nitrogens is 1. The second-order valence-corrected chi connectivity index (χ2v) is 4.02.